The summed E-state index contributed by atoms with van der Waals surface area (Å²) in [5.74, 6) is -1.77. The van der Waals surface area contributed by atoms with Crippen LogP contribution in [-0.2, 0) is 9.59 Å². The van der Waals surface area contributed by atoms with E-state index >= 15 is 0 Å². The van der Waals surface area contributed by atoms with Crippen LogP contribution in [0.2, 0.25) is 0 Å². The number of amides is 4. The molecule has 0 radical (unpaired) electrons. The van der Waals surface area contributed by atoms with Crippen LogP contribution in [0.1, 0.15) is 72.1 Å². The molecule has 2 N–H and O–H groups in total. The number of imide groups is 2. The number of aliphatic hydroxyl groups excluding tert-OH is 1. The third kappa shape index (κ3) is 4.64. The molecule has 1 fully saturated rings. The Hall–Kier alpha value is -2.74. The van der Waals surface area contributed by atoms with Crippen LogP contribution in [0.4, 0.5) is 0 Å². The molecule has 8 nitrogen and oxygen atoms in total. The first kappa shape index (κ1) is 21.0. The highest BCUT2D eigenvalue weighted by Crippen LogP contribution is 2.33. The molecule has 2 aliphatic rings. The van der Waals surface area contributed by atoms with E-state index in [2.05, 4.69) is 5.32 Å². The number of carbonyl (C=O) groups is 4. The van der Waals surface area contributed by atoms with Crippen molar-refractivity contribution in [2.75, 3.05) is 13.2 Å². The van der Waals surface area contributed by atoms with Gasteiger partial charge in [0.05, 0.1) is 17.7 Å². The topological polar surface area (TPSA) is 113 Å². The number of nitrogens with zero attached hydrogens (tertiary/aromatic N) is 1. The Morgan fingerprint density at radius 1 is 1.00 bits per heavy atom. The van der Waals surface area contributed by atoms with Crippen molar-refractivity contribution in [3.63, 3.8) is 0 Å². The first-order valence-corrected chi connectivity index (χ1v) is 10.1. The summed E-state index contributed by atoms with van der Waals surface area (Å²) in [6.07, 6.45) is 5.97. The Kier molecular flexibility index (Phi) is 6.98. The number of fused-ring (bicyclic) bond motifs is 1. The fourth-order valence-corrected chi connectivity index (χ4v) is 3.71. The third-order valence-corrected chi connectivity index (χ3v) is 5.24. The summed E-state index contributed by atoms with van der Waals surface area (Å²) in [6, 6.07) is 3.88. The lowest BCUT2D eigenvalue weighted by atomic mass is 10.0. The highest BCUT2D eigenvalue weighted by atomic mass is 16.5. The molecule has 1 unspecified atom stereocenters. The number of benzene rings is 1. The van der Waals surface area contributed by atoms with Crippen LogP contribution in [-0.4, -0.2) is 52.9 Å². The minimum atomic E-state index is -0.980. The van der Waals surface area contributed by atoms with Gasteiger partial charge in [-0.3, -0.25) is 29.4 Å². The van der Waals surface area contributed by atoms with Gasteiger partial charge >= 0.3 is 0 Å². The summed E-state index contributed by atoms with van der Waals surface area (Å²) >= 11 is 0. The molecule has 3 rings (SSSR count). The number of hydrogen-bond acceptors (Lipinski definition) is 6. The van der Waals surface area contributed by atoms with E-state index in [0.717, 1.165) is 43.4 Å². The summed E-state index contributed by atoms with van der Waals surface area (Å²) in [4.78, 5) is 50.1. The highest BCUT2D eigenvalue weighted by molar-refractivity contribution is 6.24. The van der Waals surface area contributed by atoms with Crippen molar-refractivity contribution in [3.8, 4) is 5.75 Å². The van der Waals surface area contributed by atoms with Crippen molar-refractivity contribution >= 4 is 23.6 Å². The molecule has 156 valence electrons. The average Bonchev–Trinajstić information content (AvgIpc) is 2.95. The summed E-state index contributed by atoms with van der Waals surface area (Å²) in [5.41, 5.74) is 0.409. The lowest BCUT2D eigenvalue weighted by Crippen LogP contribution is -2.54. The van der Waals surface area contributed by atoms with E-state index in [1.54, 1.807) is 18.2 Å². The van der Waals surface area contributed by atoms with E-state index < -0.39 is 29.7 Å². The maximum atomic E-state index is 12.9. The van der Waals surface area contributed by atoms with Crippen molar-refractivity contribution in [1.82, 2.24) is 10.2 Å². The van der Waals surface area contributed by atoms with Crippen LogP contribution < -0.4 is 10.1 Å². The summed E-state index contributed by atoms with van der Waals surface area (Å²) < 4.78 is 5.78. The molecule has 2 aliphatic heterocycles. The van der Waals surface area contributed by atoms with Crippen LogP contribution in [0.25, 0.3) is 0 Å². The number of hydrogen-bond donors (Lipinski definition) is 2. The summed E-state index contributed by atoms with van der Waals surface area (Å²) in [6.45, 7) is 0.654. The molecule has 1 atom stereocenters. The van der Waals surface area contributed by atoms with Gasteiger partial charge in [-0.15, -0.1) is 0 Å². The first-order chi connectivity index (χ1) is 14.0. The predicted octanol–water partition coefficient (Wildman–Crippen LogP) is 1.80. The number of unbranched alkanes of at least 4 members (excludes halogenated alkanes) is 5. The SMILES string of the molecule is O=C1CCC(N2C(=O)c3cccc(OCCCCCCCCO)c3C2=O)C(=O)N1. The summed E-state index contributed by atoms with van der Waals surface area (Å²) in [5, 5.41) is 11.0. The van der Waals surface area contributed by atoms with E-state index in [4.69, 9.17) is 9.84 Å². The number of carbonyl (C=O) groups excluding carboxylic acids is 4. The Morgan fingerprint density at radius 3 is 2.45 bits per heavy atom. The van der Waals surface area contributed by atoms with Gasteiger partial charge in [-0.2, -0.15) is 0 Å². The summed E-state index contributed by atoms with van der Waals surface area (Å²) in [7, 11) is 0. The van der Waals surface area contributed by atoms with Gasteiger partial charge in [-0.1, -0.05) is 31.7 Å². The second-order valence-corrected chi connectivity index (χ2v) is 7.32. The smallest absolute Gasteiger partial charge is 0.266 e. The second kappa shape index (κ2) is 9.65. The zero-order chi connectivity index (χ0) is 20.8. The largest absolute Gasteiger partial charge is 0.493 e. The lowest BCUT2D eigenvalue weighted by Gasteiger charge is -2.27. The predicted molar refractivity (Wildman–Crippen MR) is 103 cm³/mol. The Bertz CT molecular complexity index is 806. The molecule has 0 saturated carbocycles. The van der Waals surface area contributed by atoms with Crippen molar-refractivity contribution in [1.29, 1.82) is 0 Å². The van der Waals surface area contributed by atoms with E-state index in [1.165, 1.54) is 0 Å². The van der Waals surface area contributed by atoms with Crippen molar-refractivity contribution in [3.05, 3.63) is 29.3 Å². The van der Waals surface area contributed by atoms with Crippen molar-refractivity contribution in [2.45, 2.75) is 57.4 Å². The van der Waals surface area contributed by atoms with Crippen LogP contribution in [0, 0.1) is 0 Å². The van der Waals surface area contributed by atoms with Crippen molar-refractivity contribution < 1.29 is 29.0 Å². The average molecular weight is 402 g/mol. The second-order valence-electron chi connectivity index (χ2n) is 7.32. The monoisotopic (exact) mass is 402 g/mol. The van der Waals surface area contributed by atoms with E-state index in [1.807, 2.05) is 0 Å². The van der Waals surface area contributed by atoms with Gasteiger partial charge in [0.25, 0.3) is 11.8 Å². The molecule has 0 aromatic heterocycles. The molecular formula is C21H26N2O6. The molecule has 1 aromatic carbocycles. The molecule has 4 amide bonds. The number of piperidine rings is 1. The number of rotatable bonds is 10. The van der Waals surface area contributed by atoms with E-state index in [0.29, 0.717) is 12.4 Å². The molecule has 29 heavy (non-hydrogen) atoms. The molecule has 0 aliphatic carbocycles. The molecule has 1 saturated heterocycles. The fourth-order valence-electron chi connectivity index (χ4n) is 3.71. The minimum absolute atomic E-state index is 0.0888. The third-order valence-electron chi connectivity index (χ3n) is 5.24. The zero-order valence-electron chi connectivity index (χ0n) is 16.3. The fraction of sp³-hybridized carbons (Fsp3) is 0.524. The molecular weight excluding hydrogens is 376 g/mol. The van der Waals surface area contributed by atoms with Gasteiger partial charge in [0.2, 0.25) is 11.8 Å². The molecule has 0 spiro atoms. The number of aliphatic hydroxyl groups is 1. The normalized spacial score (nSPS) is 18.8. The lowest BCUT2D eigenvalue weighted by molar-refractivity contribution is -0.136. The Morgan fingerprint density at radius 2 is 1.72 bits per heavy atom. The van der Waals surface area contributed by atoms with Crippen molar-refractivity contribution in [2.24, 2.45) is 0 Å². The minimum Gasteiger partial charge on any atom is -0.493 e. The Labute approximate surface area is 169 Å². The van der Waals surface area contributed by atoms with Crippen LogP contribution in [0.5, 0.6) is 5.75 Å². The maximum absolute atomic E-state index is 12.9. The zero-order valence-corrected chi connectivity index (χ0v) is 16.3. The van der Waals surface area contributed by atoms with Gasteiger partial charge in [0.1, 0.15) is 11.8 Å². The van der Waals surface area contributed by atoms with Gasteiger partial charge in [0.15, 0.2) is 0 Å². The van der Waals surface area contributed by atoms with Gasteiger partial charge < -0.3 is 9.84 Å². The molecule has 1 aromatic rings. The van der Waals surface area contributed by atoms with Crippen LogP contribution in [0.3, 0.4) is 0 Å². The number of nitrogens with one attached hydrogen (secondary N) is 1. The molecule has 2 heterocycles. The maximum Gasteiger partial charge on any atom is 0.266 e. The highest BCUT2D eigenvalue weighted by Gasteiger charge is 2.45. The Balaban J connectivity index is 1.61. The van der Waals surface area contributed by atoms with Gasteiger partial charge in [-0.25, -0.2) is 0 Å². The van der Waals surface area contributed by atoms with Crippen LogP contribution in [0.15, 0.2) is 18.2 Å². The molecule has 8 heteroatoms. The van der Waals surface area contributed by atoms with Gasteiger partial charge in [-0.05, 0) is 31.4 Å². The van der Waals surface area contributed by atoms with Gasteiger partial charge in [0, 0.05) is 13.0 Å². The number of ether oxygens (including phenoxy) is 1. The van der Waals surface area contributed by atoms with Crippen LogP contribution >= 0.6 is 0 Å². The quantitative estimate of drug-likeness (QED) is 0.456. The standard InChI is InChI=1S/C21H26N2O6/c24-12-5-3-1-2-4-6-13-29-16-9-7-8-14-18(16)21(28)23(20(14)27)15-10-11-17(25)22-19(15)26/h7-9,15,24H,1-6,10-13H2,(H,22,25,26). The van der Waals surface area contributed by atoms with E-state index in [9.17, 15) is 19.2 Å². The first-order valence-electron chi connectivity index (χ1n) is 10.1. The molecule has 0 bridgehead atoms. The van der Waals surface area contributed by atoms with E-state index in [-0.39, 0.29) is 30.6 Å².